The Morgan fingerprint density at radius 3 is 2.23 bits per heavy atom. The highest BCUT2D eigenvalue weighted by molar-refractivity contribution is 6.63. The maximum atomic E-state index is 12.0. The van der Waals surface area contributed by atoms with Crippen LogP contribution in [0.3, 0.4) is 0 Å². The minimum Gasteiger partial charge on any atom is -0.496 e. The third-order valence-corrected chi connectivity index (χ3v) is 5.60. The second kappa shape index (κ2) is 8.73. The first-order valence-corrected chi connectivity index (χ1v) is 10.1. The molecule has 0 radical (unpaired) electrons. The van der Waals surface area contributed by atoms with Gasteiger partial charge in [0.05, 0.1) is 24.9 Å². The summed E-state index contributed by atoms with van der Waals surface area (Å²) in [6, 6.07) is 9.92. The lowest BCUT2D eigenvalue weighted by molar-refractivity contribution is 0.00578. The molecular weight excluding hydrogens is 399 g/mol. The Labute approximate surface area is 182 Å². The Hall–Kier alpha value is -2.84. The van der Waals surface area contributed by atoms with Crippen molar-refractivity contribution in [1.29, 1.82) is 0 Å². The van der Waals surface area contributed by atoms with Crippen molar-refractivity contribution in [3.05, 3.63) is 47.5 Å². The molecule has 0 N–H and O–H groups in total. The van der Waals surface area contributed by atoms with Crippen LogP contribution < -0.4 is 14.9 Å². The van der Waals surface area contributed by atoms with Crippen LogP contribution in [-0.2, 0) is 14.0 Å². The van der Waals surface area contributed by atoms with Gasteiger partial charge in [-0.1, -0.05) is 6.07 Å². The van der Waals surface area contributed by atoms with Crippen molar-refractivity contribution in [2.24, 2.45) is 0 Å². The van der Waals surface area contributed by atoms with Gasteiger partial charge in [-0.2, -0.15) is 0 Å². The highest BCUT2D eigenvalue weighted by atomic mass is 16.7. The van der Waals surface area contributed by atoms with Gasteiger partial charge in [-0.15, -0.1) is 0 Å². The van der Waals surface area contributed by atoms with Crippen LogP contribution in [-0.4, -0.2) is 44.3 Å². The van der Waals surface area contributed by atoms with Crippen LogP contribution in [0.1, 0.15) is 55.3 Å². The first kappa shape index (κ1) is 22.8. The number of hydrogen-bond donors (Lipinski definition) is 0. The lowest BCUT2D eigenvalue weighted by Crippen LogP contribution is -2.41. The number of rotatable bonds is 7. The summed E-state index contributed by atoms with van der Waals surface area (Å²) in [4.78, 5) is 23.8. The maximum absolute atomic E-state index is 12.0. The summed E-state index contributed by atoms with van der Waals surface area (Å²) in [5.74, 6) is 0.764. The Morgan fingerprint density at radius 1 is 1.03 bits per heavy atom. The normalized spacial score (nSPS) is 16.6. The highest BCUT2D eigenvalue weighted by Gasteiger charge is 2.52. The average Bonchev–Trinajstić information content (AvgIpc) is 2.94. The molecule has 1 aliphatic rings. The van der Waals surface area contributed by atoms with Gasteiger partial charge in [-0.25, -0.2) is 4.79 Å². The van der Waals surface area contributed by atoms with Crippen LogP contribution >= 0.6 is 0 Å². The lowest BCUT2D eigenvalue weighted by atomic mass is 9.76. The molecule has 0 aromatic heterocycles. The maximum Gasteiger partial charge on any atom is 0.495 e. The molecule has 1 saturated heterocycles. The Balaban J connectivity index is 1.84. The van der Waals surface area contributed by atoms with Crippen LogP contribution in [0, 0.1) is 0 Å². The molecule has 31 heavy (non-hydrogen) atoms. The fourth-order valence-corrected chi connectivity index (χ4v) is 3.15. The first-order valence-electron chi connectivity index (χ1n) is 10.1. The van der Waals surface area contributed by atoms with E-state index in [9.17, 15) is 9.59 Å². The average molecular weight is 426 g/mol. The number of carbonyl (C=O) groups is 2. The summed E-state index contributed by atoms with van der Waals surface area (Å²) in [5.41, 5.74) is 0.331. The zero-order valence-corrected chi connectivity index (χ0v) is 18.7. The predicted octanol–water partition coefficient (Wildman–Crippen LogP) is 3.78. The van der Waals surface area contributed by atoms with E-state index < -0.39 is 24.3 Å². The monoisotopic (exact) mass is 426 g/mol. The molecule has 164 valence electrons. The number of carbonyl (C=O) groups excluding carboxylic acids is 2. The molecule has 7 nitrogen and oxygen atoms in total. The third-order valence-electron chi connectivity index (χ3n) is 5.60. The van der Waals surface area contributed by atoms with Crippen LogP contribution in [0.25, 0.3) is 0 Å². The van der Waals surface area contributed by atoms with Gasteiger partial charge in [0.1, 0.15) is 29.1 Å². The van der Waals surface area contributed by atoms with Crippen LogP contribution in [0.5, 0.6) is 17.2 Å². The van der Waals surface area contributed by atoms with Gasteiger partial charge in [-0.05, 0) is 64.3 Å². The van der Waals surface area contributed by atoms with Crippen LogP contribution in [0.4, 0.5) is 0 Å². The van der Waals surface area contributed by atoms with Gasteiger partial charge < -0.3 is 23.5 Å². The zero-order chi connectivity index (χ0) is 22.8. The summed E-state index contributed by atoms with van der Waals surface area (Å²) in [5, 5.41) is 0. The smallest absolute Gasteiger partial charge is 0.495 e. The topological polar surface area (TPSA) is 80.3 Å². The van der Waals surface area contributed by atoms with E-state index in [0.29, 0.717) is 33.8 Å². The molecule has 3 rings (SSSR count). The summed E-state index contributed by atoms with van der Waals surface area (Å²) in [6.45, 7) is 9.83. The Morgan fingerprint density at radius 2 is 1.65 bits per heavy atom. The first-order chi connectivity index (χ1) is 14.6. The molecule has 0 bridgehead atoms. The van der Waals surface area contributed by atoms with E-state index in [-0.39, 0.29) is 6.61 Å². The van der Waals surface area contributed by atoms with Crippen molar-refractivity contribution in [2.45, 2.75) is 45.8 Å². The molecule has 2 aromatic carbocycles. The van der Waals surface area contributed by atoms with Crippen molar-refractivity contribution in [3.8, 4) is 17.2 Å². The van der Waals surface area contributed by atoms with Crippen molar-refractivity contribution in [3.63, 3.8) is 0 Å². The van der Waals surface area contributed by atoms with E-state index in [1.165, 1.54) is 7.11 Å². The molecule has 1 heterocycles. The van der Waals surface area contributed by atoms with E-state index in [4.69, 9.17) is 23.5 Å². The number of methoxy groups -OCH3 is 1. The molecule has 8 heteroatoms. The number of ether oxygens (including phenoxy) is 3. The van der Waals surface area contributed by atoms with Crippen LogP contribution in [0.2, 0.25) is 0 Å². The second-order valence-electron chi connectivity index (χ2n) is 8.18. The van der Waals surface area contributed by atoms with Crippen molar-refractivity contribution >= 4 is 24.8 Å². The van der Waals surface area contributed by atoms with Crippen molar-refractivity contribution < 1.29 is 33.1 Å². The number of aldehydes is 1. The van der Waals surface area contributed by atoms with Gasteiger partial charge in [-0.3, -0.25) is 4.79 Å². The molecular formula is C23H27BO7. The SMILES string of the molecule is CCOC(=O)c1ccc(Oc2ccc(B3OC(C)(C)C(C)(C)O3)c(C=O)c2)cc1OC. The van der Waals surface area contributed by atoms with Gasteiger partial charge in [0, 0.05) is 11.6 Å². The fraction of sp³-hybridized carbons (Fsp3) is 0.391. The molecule has 2 aromatic rings. The predicted molar refractivity (Wildman–Crippen MR) is 117 cm³/mol. The quantitative estimate of drug-likeness (QED) is 0.379. The largest absolute Gasteiger partial charge is 0.496 e. The molecule has 0 aliphatic carbocycles. The second-order valence-corrected chi connectivity index (χ2v) is 8.18. The van der Waals surface area contributed by atoms with E-state index in [0.717, 1.165) is 6.29 Å². The van der Waals surface area contributed by atoms with Crippen molar-refractivity contribution in [2.75, 3.05) is 13.7 Å². The Kier molecular flexibility index (Phi) is 6.43. The van der Waals surface area contributed by atoms with Gasteiger partial charge >= 0.3 is 13.1 Å². The summed E-state index contributed by atoms with van der Waals surface area (Å²) >= 11 is 0. The minimum atomic E-state index is -0.650. The van der Waals surface area contributed by atoms with Crippen molar-refractivity contribution in [1.82, 2.24) is 0 Å². The Bertz CT molecular complexity index is 968. The molecule has 0 amide bonds. The molecule has 0 unspecified atom stereocenters. The summed E-state index contributed by atoms with van der Waals surface area (Å²) in [6.07, 6.45) is 0.748. The molecule has 0 atom stereocenters. The van der Waals surface area contributed by atoms with Gasteiger partial charge in [0.25, 0.3) is 0 Å². The molecule has 0 spiro atoms. The highest BCUT2D eigenvalue weighted by Crippen LogP contribution is 2.37. The zero-order valence-electron chi connectivity index (χ0n) is 18.7. The molecule has 1 aliphatic heterocycles. The van der Waals surface area contributed by atoms with E-state index in [1.807, 2.05) is 27.7 Å². The third kappa shape index (κ3) is 4.60. The van der Waals surface area contributed by atoms with E-state index >= 15 is 0 Å². The fourth-order valence-electron chi connectivity index (χ4n) is 3.15. The number of benzene rings is 2. The standard InChI is InChI=1S/C23H27BO7/c1-7-28-21(26)18-10-8-17(13-20(18)27-6)29-16-9-11-19(15(12-16)14-25)24-30-22(2,3)23(4,5)31-24/h8-14H,7H2,1-6H3. The molecule has 1 fully saturated rings. The number of hydrogen-bond acceptors (Lipinski definition) is 7. The number of esters is 1. The molecule has 0 saturated carbocycles. The van der Waals surface area contributed by atoms with Gasteiger partial charge in [0.15, 0.2) is 0 Å². The minimum absolute atomic E-state index is 0.268. The summed E-state index contributed by atoms with van der Waals surface area (Å²) in [7, 11) is 0.814. The van der Waals surface area contributed by atoms with E-state index in [2.05, 4.69) is 0 Å². The lowest BCUT2D eigenvalue weighted by Gasteiger charge is -2.32. The van der Waals surface area contributed by atoms with Gasteiger partial charge in [0.2, 0.25) is 0 Å². The summed E-state index contributed by atoms with van der Waals surface area (Å²) < 4.78 is 28.3. The van der Waals surface area contributed by atoms with Crippen LogP contribution in [0.15, 0.2) is 36.4 Å². The van der Waals surface area contributed by atoms with E-state index in [1.54, 1.807) is 43.3 Å².